The minimum atomic E-state index is 0.868. The Morgan fingerprint density at radius 2 is 1.71 bits per heavy atom. The molecule has 0 saturated heterocycles. The van der Waals surface area contributed by atoms with Gasteiger partial charge in [0.1, 0.15) is 0 Å². The Labute approximate surface area is 106 Å². The maximum atomic E-state index is 5.52. The van der Waals surface area contributed by atoms with Crippen LogP contribution in [0.3, 0.4) is 0 Å². The first-order valence-electron chi connectivity index (χ1n) is 6.01. The third-order valence-electron chi connectivity index (χ3n) is 1.67. The van der Waals surface area contributed by atoms with E-state index in [1.807, 2.05) is 71.9 Å². The van der Waals surface area contributed by atoms with Crippen molar-refractivity contribution < 1.29 is 0 Å². The maximum absolute atomic E-state index is 5.52. The lowest BCUT2D eigenvalue weighted by molar-refractivity contribution is 1.47. The molecule has 0 amide bonds. The van der Waals surface area contributed by atoms with E-state index >= 15 is 0 Å². The highest BCUT2D eigenvalue weighted by Gasteiger charge is 1.84. The topological polar surface area (TPSA) is 38.4 Å². The Bertz CT molecular complexity index is 314. The van der Waals surface area contributed by atoms with Crippen LogP contribution in [0, 0.1) is 6.92 Å². The van der Waals surface area contributed by atoms with Gasteiger partial charge in [0.25, 0.3) is 0 Å². The molecule has 0 aliphatic carbocycles. The van der Waals surface area contributed by atoms with Crippen molar-refractivity contribution >= 4 is 11.4 Å². The normalized spacial score (nSPS) is 8.59. The fourth-order valence-corrected chi connectivity index (χ4v) is 0.810. The predicted octanol–water partition coefficient (Wildman–Crippen LogP) is 4.60. The number of anilines is 1. The smallest absolute Gasteiger partial charge is 0.0343 e. The lowest BCUT2D eigenvalue weighted by atomic mass is 10.2. The molecule has 1 aromatic rings. The highest BCUT2D eigenvalue weighted by molar-refractivity contribution is 5.79. The van der Waals surface area contributed by atoms with Gasteiger partial charge in [-0.05, 0) is 39.3 Å². The summed E-state index contributed by atoms with van der Waals surface area (Å²) in [5.41, 5.74) is 8.63. The van der Waals surface area contributed by atoms with Gasteiger partial charge < -0.3 is 5.73 Å². The average Bonchev–Trinajstić information content (AvgIpc) is 2.34. The number of para-hydroxylation sites is 1. The molecule has 0 radical (unpaired) electrons. The van der Waals surface area contributed by atoms with Gasteiger partial charge in [-0.1, -0.05) is 38.1 Å². The number of benzene rings is 1. The molecule has 0 heterocycles. The molecule has 0 aliphatic heterocycles. The Morgan fingerprint density at radius 1 is 1.18 bits per heavy atom. The lowest BCUT2D eigenvalue weighted by Gasteiger charge is -1.93. The Morgan fingerprint density at radius 3 is 1.94 bits per heavy atom. The van der Waals surface area contributed by atoms with Gasteiger partial charge in [-0.2, -0.15) is 0 Å². The van der Waals surface area contributed by atoms with Gasteiger partial charge >= 0.3 is 0 Å². The minimum Gasteiger partial charge on any atom is -0.399 e. The van der Waals surface area contributed by atoms with Crippen LogP contribution in [0.5, 0.6) is 0 Å². The van der Waals surface area contributed by atoms with E-state index in [0.717, 1.165) is 17.0 Å². The first kappa shape index (κ1) is 17.8. The molecule has 0 aliphatic rings. The van der Waals surface area contributed by atoms with Gasteiger partial charge in [0, 0.05) is 17.6 Å². The van der Waals surface area contributed by atoms with Gasteiger partial charge in [0.2, 0.25) is 0 Å². The fourth-order valence-electron chi connectivity index (χ4n) is 0.810. The van der Waals surface area contributed by atoms with Crippen LogP contribution in [-0.2, 0) is 0 Å². The molecule has 17 heavy (non-hydrogen) atoms. The van der Waals surface area contributed by atoms with Gasteiger partial charge in [0.15, 0.2) is 0 Å². The van der Waals surface area contributed by atoms with Crippen molar-refractivity contribution in [3.8, 4) is 0 Å². The highest BCUT2D eigenvalue weighted by Crippen LogP contribution is 2.06. The van der Waals surface area contributed by atoms with Crippen LogP contribution in [0.4, 0.5) is 5.69 Å². The van der Waals surface area contributed by atoms with E-state index in [1.165, 1.54) is 0 Å². The van der Waals surface area contributed by atoms with E-state index in [9.17, 15) is 0 Å². The zero-order chi connectivity index (χ0) is 13.7. The quantitative estimate of drug-likeness (QED) is 0.559. The number of aliphatic imine (C=N–C) groups is 1. The van der Waals surface area contributed by atoms with Crippen LogP contribution in [0.25, 0.3) is 0 Å². The average molecular weight is 234 g/mol. The van der Waals surface area contributed by atoms with Gasteiger partial charge in [-0.25, -0.2) is 0 Å². The Hall–Kier alpha value is -1.57. The number of nitrogens with two attached hydrogens (primary N) is 1. The molecule has 1 aromatic carbocycles. The fraction of sp³-hybridized carbons (Fsp3) is 0.400. The Balaban J connectivity index is 0. The number of allylic oxidation sites excluding steroid dienone is 1. The summed E-state index contributed by atoms with van der Waals surface area (Å²) >= 11 is 0. The molecule has 0 fully saturated rings. The predicted molar refractivity (Wildman–Crippen MR) is 80.5 cm³/mol. The van der Waals surface area contributed by atoms with E-state index in [1.54, 1.807) is 6.20 Å². The number of nitrogen functional groups attached to an aromatic ring is 1. The highest BCUT2D eigenvalue weighted by atomic mass is 14.7. The molecule has 0 spiro atoms. The molecular weight excluding hydrogens is 208 g/mol. The zero-order valence-electron chi connectivity index (χ0n) is 12.0. The molecule has 0 unspecified atom stereocenters. The molecule has 96 valence electrons. The van der Waals surface area contributed by atoms with Crippen molar-refractivity contribution in [2.45, 2.75) is 41.5 Å². The summed E-state index contributed by atoms with van der Waals surface area (Å²) in [6.45, 7) is 11.9. The van der Waals surface area contributed by atoms with Crippen LogP contribution < -0.4 is 5.73 Å². The SMILES string of the molecule is C/C=C\N=C(C)C.CC.Cc1ccccc1N. The summed E-state index contributed by atoms with van der Waals surface area (Å²) in [6.07, 6.45) is 3.70. The molecule has 0 bridgehead atoms. The van der Waals surface area contributed by atoms with Crippen LogP contribution in [0.2, 0.25) is 0 Å². The molecule has 2 heteroatoms. The number of nitrogens with zero attached hydrogens (tertiary/aromatic N) is 1. The molecule has 0 atom stereocenters. The second kappa shape index (κ2) is 12.5. The number of hydrogen-bond donors (Lipinski definition) is 1. The molecule has 0 saturated carbocycles. The molecule has 0 aromatic heterocycles. The summed E-state index contributed by atoms with van der Waals surface area (Å²) in [5.74, 6) is 0. The summed E-state index contributed by atoms with van der Waals surface area (Å²) in [4.78, 5) is 3.98. The minimum absolute atomic E-state index is 0.868. The van der Waals surface area contributed by atoms with Crippen molar-refractivity contribution in [1.29, 1.82) is 0 Å². The summed E-state index contributed by atoms with van der Waals surface area (Å²) < 4.78 is 0. The first-order chi connectivity index (χ1) is 8.07. The van der Waals surface area contributed by atoms with E-state index in [4.69, 9.17) is 5.73 Å². The van der Waals surface area contributed by atoms with Crippen LogP contribution in [-0.4, -0.2) is 5.71 Å². The summed E-state index contributed by atoms with van der Waals surface area (Å²) in [6, 6.07) is 7.80. The molecular formula is C15H26N2. The van der Waals surface area contributed by atoms with Crippen molar-refractivity contribution in [2.24, 2.45) is 4.99 Å². The monoisotopic (exact) mass is 234 g/mol. The van der Waals surface area contributed by atoms with Crippen molar-refractivity contribution in [3.63, 3.8) is 0 Å². The van der Waals surface area contributed by atoms with E-state index in [0.29, 0.717) is 0 Å². The standard InChI is InChI=1S/C7H9N.C6H11N.C2H6/c1-6-4-2-3-5-7(6)8;1-4-5-7-6(2)3;1-2/h2-5H,8H2,1H3;4-5H,1-3H3;1-2H3/b;5-4-;. The number of hydrogen-bond acceptors (Lipinski definition) is 2. The maximum Gasteiger partial charge on any atom is 0.0343 e. The van der Waals surface area contributed by atoms with Crippen molar-refractivity contribution in [3.05, 3.63) is 42.1 Å². The summed E-state index contributed by atoms with van der Waals surface area (Å²) in [5, 5.41) is 0. The van der Waals surface area contributed by atoms with E-state index in [2.05, 4.69) is 4.99 Å². The van der Waals surface area contributed by atoms with Crippen molar-refractivity contribution in [1.82, 2.24) is 0 Å². The van der Waals surface area contributed by atoms with Gasteiger partial charge in [0.05, 0.1) is 0 Å². The van der Waals surface area contributed by atoms with Crippen LogP contribution >= 0.6 is 0 Å². The van der Waals surface area contributed by atoms with Gasteiger partial charge in [-0.15, -0.1) is 0 Å². The molecule has 2 N–H and O–H groups in total. The third-order valence-corrected chi connectivity index (χ3v) is 1.67. The lowest BCUT2D eigenvalue weighted by Crippen LogP contribution is -1.85. The summed E-state index contributed by atoms with van der Waals surface area (Å²) in [7, 11) is 0. The second-order valence-electron chi connectivity index (χ2n) is 3.42. The number of aryl methyl sites for hydroxylation is 1. The molecule has 1 rings (SSSR count). The van der Waals surface area contributed by atoms with E-state index < -0.39 is 0 Å². The second-order valence-corrected chi connectivity index (χ2v) is 3.42. The molecule has 2 nitrogen and oxygen atoms in total. The number of rotatable bonds is 1. The zero-order valence-corrected chi connectivity index (χ0v) is 12.0. The third kappa shape index (κ3) is 12.4. The largest absolute Gasteiger partial charge is 0.399 e. The van der Waals surface area contributed by atoms with E-state index in [-0.39, 0.29) is 0 Å². The van der Waals surface area contributed by atoms with Crippen LogP contribution in [0.1, 0.15) is 40.2 Å². The van der Waals surface area contributed by atoms with Crippen molar-refractivity contribution in [2.75, 3.05) is 5.73 Å². The Kier molecular flexibility index (Phi) is 13.1. The van der Waals surface area contributed by atoms with Gasteiger partial charge in [-0.3, -0.25) is 4.99 Å². The first-order valence-corrected chi connectivity index (χ1v) is 6.01. The van der Waals surface area contributed by atoms with Crippen LogP contribution in [0.15, 0.2) is 41.5 Å².